The summed E-state index contributed by atoms with van der Waals surface area (Å²) in [7, 11) is 0. The van der Waals surface area contributed by atoms with Crippen LogP contribution in [-0.4, -0.2) is 16.3 Å². The molecule has 0 fully saturated rings. The van der Waals surface area contributed by atoms with Gasteiger partial charge in [-0.25, -0.2) is 0 Å². The van der Waals surface area contributed by atoms with Crippen molar-refractivity contribution in [3.63, 3.8) is 0 Å². The summed E-state index contributed by atoms with van der Waals surface area (Å²) in [5, 5.41) is 21.7. The molecule has 1 rings (SSSR count). The first-order valence-electron chi connectivity index (χ1n) is 4.42. The molecule has 0 spiro atoms. The molecule has 0 aliphatic carbocycles. The van der Waals surface area contributed by atoms with E-state index in [-0.39, 0.29) is 34.5 Å². The monoisotopic (exact) mass is 261 g/mol. The Labute approximate surface area is 94.5 Å². The Morgan fingerprint density at radius 3 is 2.57 bits per heavy atom. The van der Waals surface area contributed by atoms with Gasteiger partial charge >= 0.3 is 0 Å². The molecule has 80 valence electrons. The van der Waals surface area contributed by atoms with Crippen molar-refractivity contribution in [1.82, 2.24) is 0 Å². The highest BCUT2D eigenvalue weighted by atomic mass is 79.9. The molecule has 0 saturated carbocycles. The summed E-state index contributed by atoms with van der Waals surface area (Å²) in [6, 6.07) is 4.73. The van der Waals surface area contributed by atoms with Crippen molar-refractivity contribution in [2.75, 3.05) is 5.32 Å². The molecule has 14 heavy (non-hydrogen) atoms. The van der Waals surface area contributed by atoms with Gasteiger partial charge in [-0.05, 0) is 25.5 Å². The number of rotatable bonds is 3. The summed E-state index contributed by atoms with van der Waals surface area (Å²) in [5.74, 6) is 0.321. The van der Waals surface area contributed by atoms with Crippen molar-refractivity contribution >= 4 is 22.7 Å². The Morgan fingerprint density at radius 2 is 2.00 bits per heavy atom. The van der Waals surface area contributed by atoms with E-state index in [1.165, 1.54) is 18.2 Å². The third-order valence-corrected chi connectivity index (χ3v) is 1.99. The van der Waals surface area contributed by atoms with Crippen LogP contribution >= 0.6 is 17.0 Å². The predicted octanol–water partition coefficient (Wildman–Crippen LogP) is 2.89. The molecule has 3 N–H and O–H groups in total. The molecule has 1 unspecified atom stereocenters. The second-order valence-corrected chi connectivity index (χ2v) is 3.16. The Kier molecular flexibility index (Phi) is 5.38. The van der Waals surface area contributed by atoms with Crippen LogP contribution in [0.4, 0.5) is 5.69 Å². The fraction of sp³-hybridized carbons (Fsp3) is 0.400. The van der Waals surface area contributed by atoms with Crippen molar-refractivity contribution in [2.45, 2.75) is 26.3 Å². The van der Waals surface area contributed by atoms with Crippen molar-refractivity contribution in [1.29, 1.82) is 0 Å². The minimum Gasteiger partial charge on any atom is -0.508 e. The second kappa shape index (κ2) is 5.75. The van der Waals surface area contributed by atoms with Gasteiger partial charge in [-0.15, -0.1) is 17.0 Å². The molecule has 1 atom stereocenters. The van der Waals surface area contributed by atoms with Gasteiger partial charge in [0, 0.05) is 12.1 Å². The normalized spacial score (nSPS) is 11.6. The lowest BCUT2D eigenvalue weighted by Gasteiger charge is -2.14. The second-order valence-electron chi connectivity index (χ2n) is 3.16. The Hall–Kier alpha value is -0.900. The van der Waals surface area contributed by atoms with Crippen LogP contribution in [0.5, 0.6) is 11.5 Å². The third-order valence-electron chi connectivity index (χ3n) is 1.99. The van der Waals surface area contributed by atoms with Gasteiger partial charge in [0.2, 0.25) is 0 Å². The number of phenols is 2. The molecule has 4 heteroatoms. The summed E-state index contributed by atoms with van der Waals surface area (Å²) in [6.45, 7) is 4.07. The molecular weight excluding hydrogens is 246 g/mol. The van der Waals surface area contributed by atoms with Crippen molar-refractivity contribution in [3.8, 4) is 11.5 Å². The van der Waals surface area contributed by atoms with E-state index in [0.29, 0.717) is 5.69 Å². The highest BCUT2D eigenvalue weighted by molar-refractivity contribution is 8.93. The molecule has 0 aliphatic heterocycles. The van der Waals surface area contributed by atoms with E-state index in [4.69, 9.17) is 0 Å². The van der Waals surface area contributed by atoms with E-state index in [1.807, 2.05) is 6.92 Å². The summed E-state index contributed by atoms with van der Waals surface area (Å²) in [4.78, 5) is 0. The SMILES string of the molecule is Br.CCC(C)Nc1cc(O)ccc1O. The fourth-order valence-corrected chi connectivity index (χ4v) is 1.01. The van der Waals surface area contributed by atoms with Crippen LogP contribution in [0.1, 0.15) is 20.3 Å². The van der Waals surface area contributed by atoms with Gasteiger partial charge in [0.1, 0.15) is 11.5 Å². The minimum atomic E-state index is 0. The molecule has 0 heterocycles. The summed E-state index contributed by atoms with van der Waals surface area (Å²) >= 11 is 0. The lowest BCUT2D eigenvalue weighted by Crippen LogP contribution is -2.13. The smallest absolute Gasteiger partial charge is 0.138 e. The lowest BCUT2D eigenvalue weighted by atomic mass is 10.2. The fourth-order valence-electron chi connectivity index (χ4n) is 1.01. The van der Waals surface area contributed by atoms with E-state index in [2.05, 4.69) is 12.2 Å². The quantitative estimate of drug-likeness (QED) is 0.580. The average molecular weight is 262 g/mol. The van der Waals surface area contributed by atoms with Crippen LogP contribution in [0.3, 0.4) is 0 Å². The van der Waals surface area contributed by atoms with Crippen LogP contribution in [0, 0.1) is 0 Å². The molecule has 0 aliphatic rings. The van der Waals surface area contributed by atoms with Gasteiger partial charge in [0.05, 0.1) is 5.69 Å². The van der Waals surface area contributed by atoms with Gasteiger partial charge in [0.25, 0.3) is 0 Å². The largest absolute Gasteiger partial charge is 0.508 e. The third kappa shape index (κ3) is 3.46. The number of anilines is 1. The van der Waals surface area contributed by atoms with Gasteiger partial charge in [0.15, 0.2) is 0 Å². The first-order valence-corrected chi connectivity index (χ1v) is 4.42. The number of hydrogen-bond acceptors (Lipinski definition) is 3. The van der Waals surface area contributed by atoms with E-state index in [9.17, 15) is 10.2 Å². The number of benzene rings is 1. The zero-order valence-corrected chi connectivity index (χ0v) is 10.0. The zero-order chi connectivity index (χ0) is 9.84. The molecule has 0 saturated heterocycles. The standard InChI is InChI=1S/C10H15NO2.BrH/c1-3-7(2)11-9-6-8(12)4-5-10(9)13;/h4-7,11-13H,3H2,1-2H3;1H. The molecular formula is C10H16BrNO2. The molecule has 0 aromatic heterocycles. The Balaban J connectivity index is 0.00000169. The number of hydrogen-bond donors (Lipinski definition) is 3. The van der Waals surface area contributed by atoms with Gasteiger partial charge in [-0.1, -0.05) is 6.92 Å². The summed E-state index contributed by atoms with van der Waals surface area (Å²) in [6.07, 6.45) is 0.967. The number of halogens is 1. The maximum atomic E-state index is 9.41. The maximum absolute atomic E-state index is 9.41. The van der Waals surface area contributed by atoms with Gasteiger partial charge in [-0.2, -0.15) is 0 Å². The Morgan fingerprint density at radius 1 is 1.36 bits per heavy atom. The number of phenolic OH excluding ortho intramolecular Hbond substituents is 2. The molecule has 3 nitrogen and oxygen atoms in total. The maximum Gasteiger partial charge on any atom is 0.138 e. The van der Waals surface area contributed by atoms with Crippen molar-refractivity contribution < 1.29 is 10.2 Å². The molecule has 0 bridgehead atoms. The zero-order valence-electron chi connectivity index (χ0n) is 8.32. The lowest BCUT2D eigenvalue weighted by molar-refractivity contribution is 0.461. The van der Waals surface area contributed by atoms with Crippen molar-refractivity contribution in [3.05, 3.63) is 18.2 Å². The van der Waals surface area contributed by atoms with Gasteiger partial charge in [-0.3, -0.25) is 0 Å². The average Bonchev–Trinajstić information content (AvgIpc) is 2.11. The molecule has 0 radical (unpaired) electrons. The van der Waals surface area contributed by atoms with E-state index in [1.54, 1.807) is 0 Å². The first-order chi connectivity index (χ1) is 6.13. The van der Waals surface area contributed by atoms with Crippen LogP contribution in [0.25, 0.3) is 0 Å². The van der Waals surface area contributed by atoms with Crippen LogP contribution in [0.15, 0.2) is 18.2 Å². The minimum absolute atomic E-state index is 0. The summed E-state index contributed by atoms with van der Waals surface area (Å²) in [5.41, 5.74) is 0.578. The van der Waals surface area contributed by atoms with Crippen LogP contribution in [0.2, 0.25) is 0 Å². The predicted molar refractivity (Wildman–Crippen MR) is 63.5 cm³/mol. The van der Waals surface area contributed by atoms with Crippen molar-refractivity contribution in [2.24, 2.45) is 0 Å². The molecule has 1 aromatic carbocycles. The highest BCUT2D eigenvalue weighted by Crippen LogP contribution is 2.27. The van der Waals surface area contributed by atoms with Crippen LogP contribution in [-0.2, 0) is 0 Å². The topological polar surface area (TPSA) is 52.5 Å². The molecule has 1 aromatic rings. The Bertz CT molecular complexity index is 291. The molecule has 0 amide bonds. The number of aromatic hydroxyl groups is 2. The summed E-state index contributed by atoms with van der Waals surface area (Å²) < 4.78 is 0. The first kappa shape index (κ1) is 13.1. The van der Waals surface area contributed by atoms with Gasteiger partial charge < -0.3 is 15.5 Å². The number of nitrogens with one attached hydrogen (secondary N) is 1. The van der Waals surface area contributed by atoms with E-state index in [0.717, 1.165) is 6.42 Å². The van der Waals surface area contributed by atoms with E-state index < -0.39 is 0 Å². The van der Waals surface area contributed by atoms with E-state index >= 15 is 0 Å². The van der Waals surface area contributed by atoms with Crippen LogP contribution < -0.4 is 5.32 Å². The highest BCUT2D eigenvalue weighted by Gasteiger charge is 2.04.